The van der Waals surface area contributed by atoms with E-state index in [0.717, 1.165) is 31.4 Å². The number of hydrogen-bond acceptors (Lipinski definition) is 3. The Morgan fingerprint density at radius 2 is 2.19 bits per heavy atom. The Kier molecular flexibility index (Phi) is 8.11. The largest absolute Gasteiger partial charge is 0.395 e. The van der Waals surface area contributed by atoms with Crippen LogP contribution in [0.15, 0.2) is 11.4 Å². The van der Waals surface area contributed by atoms with E-state index in [2.05, 4.69) is 32.6 Å². The molecule has 0 aromatic carbocycles. The van der Waals surface area contributed by atoms with Gasteiger partial charge in [0.2, 0.25) is 0 Å². The fraction of sp³-hybridized carbons (Fsp3) is 0.588. The van der Waals surface area contributed by atoms with Crippen LogP contribution in [0, 0.1) is 11.8 Å². The molecule has 1 N–H and O–H groups in total. The van der Waals surface area contributed by atoms with Crippen molar-refractivity contribution in [2.24, 2.45) is 0 Å². The molecule has 116 valence electrons. The zero-order valence-electron chi connectivity index (χ0n) is 13.2. The van der Waals surface area contributed by atoms with Crippen LogP contribution < -0.4 is 0 Å². The quantitative estimate of drug-likeness (QED) is 0.618. The molecule has 0 bridgehead atoms. The van der Waals surface area contributed by atoms with E-state index in [9.17, 15) is 4.79 Å². The Morgan fingerprint density at radius 3 is 2.81 bits per heavy atom. The average Bonchev–Trinajstić information content (AvgIpc) is 2.91. The molecule has 0 spiro atoms. The number of hydrogen-bond donors (Lipinski definition) is 1. The van der Waals surface area contributed by atoms with Crippen molar-refractivity contribution < 1.29 is 9.90 Å². The number of rotatable bonds is 7. The van der Waals surface area contributed by atoms with Crippen molar-refractivity contribution in [1.29, 1.82) is 0 Å². The normalized spacial score (nSPS) is 10.3. The van der Waals surface area contributed by atoms with E-state index in [1.54, 1.807) is 0 Å². The van der Waals surface area contributed by atoms with Gasteiger partial charge in [0.05, 0.1) is 6.61 Å². The molecule has 0 aliphatic rings. The maximum atomic E-state index is 12.7. The molecule has 0 aliphatic heterocycles. The van der Waals surface area contributed by atoms with Gasteiger partial charge in [0.25, 0.3) is 5.91 Å². The predicted octanol–water partition coefficient (Wildman–Crippen LogP) is 3.52. The first-order valence-electron chi connectivity index (χ1n) is 7.60. The van der Waals surface area contributed by atoms with Crippen molar-refractivity contribution in [3.05, 3.63) is 21.9 Å². The molecular formula is C17H25NO2S. The van der Waals surface area contributed by atoms with Crippen LogP contribution in [0.3, 0.4) is 0 Å². The topological polar surface area (TPSA) is 40.5 Å². The van der Waals surface area contributed by atoms with Gasteiger partial charge in [-0.2, -0.15) is 0 Å². The number of thiophene rings is 1. The first kappa shape index (κ1) is 17.7. The van der Waals surface area contributed by atoms with E-state index < -0.39 is 0 Å². The summed E-state index contributed by atoms with van der Waals surface area (Å²) in [4.78, 5) is 15.4. The van der Waals surface area contributed by atoms with E-state index >= 15 is 0 Å². The summed E-state index contributed by atoms with van der Waals surface area (Å²) < 4.78 is 0. The fourth-order valence-corrected chi connectivity index (χ4v) is 2.85. The van der Waals surface area contributed by atoms with Gasteiger partial charge < -0.3 is 10.0 Å². The van der Waals surface area contributed by atoms with E-state index in [1.165, 1.54) is 11.3 Å². The van der Waals surface area contributed by atoms with Crippen LogP contribution in [0.1, 0.15) is 61.7 Å². The van der Waals surface area contributed by atoms with Gasteiger partial charge in [-0.15, -0.1) is 11.3 Å². The summed E-state index contributed by atoms with van der Waals surface area (Å²) in [7, 11) is 0. The standard InChI is InChI=1S/C17H25NO2S/c1-4-5-7-11-18(14(2)3)17(20)16-15(10-13-21-16)9-6-8-12-19/h10,13-14,19H,4-5,7-8,11-12H2,1-3H3. The lowest BCUT2D eigenvalue weighted by Gasteiger charge is -2.26. The maximum Gasteiger partial charge on any atom is 0.265 e. The highest BCUT2D eigenvalue weighted by Crippen LogP contribution is 2.20. The summed E-state index contributed by atoms with van der Waals surface area (Å²) in [6.45, 7) is 7.11. The Labute approximate surface area is 132 Å². The first-order valence-corrected chi connectivity index (χ1v) is 8.48. The minimum Gasteiger partial charge on any atom is -0.395 e. The van der Waals surface area contributed by atoms with Crippen LogP contribution in [-0.4, -0.2) is 35.1 Å². The molecule has 3 nitrogen and oxygen atoms in total. The summed E-state index contributed by atoms with van der Waals surface area (Å²) in [5, 5.41) is 10.7. The summed E-state index contributed by atoms with van der Waals surface area (Å²) in [6, 6.07) is 2.07. The van der Waals surface area contributed by atoms with E-state index in [0.29, 0.717) is 11.3 Å². The van der Waals surface area contributed by atoms with Gasteiger partial charge in [-0.1, -0.05) is 31.6 Å². The Balaban J connectivity index is 2.85. The number of nitrogens with zero attached hydrogens (tertiary/aromatic N) is 1. The lowest BCUT2D eigenvalue weighted by Crippen LogP contribution is -2.37. The zero-order chi connectivity index (χ0) is 15.7. The van der Waals surface area contributed by atoms with Crippen molar-refractivity contribution in [1.82, 2.24) is 4.90 Å². The Bertz CT molecular complexity index is 496. The molecule has 4 heteroatoms. The third-order valence-corrected chi connectivity index (χ3v) is 4.11. The van der Waals surface area contributed by atoms with Crippen LogP contribution >= 0.6 is 11.3 Å². The highest BCUT2D eigenvalue weighted by Gasteiger charge is 2.21. The van der Waals surface area contributed by atoms with Gasteiger partial charge in [-0.25, -0.2) is 0 Å². The summed E-state index contributed by atoms with van der Waals surface area (Å²) in [6.07, 6.45) is 3.77. The Morgan fingerprint density at radius 1 is 1.43 bits per heavy atom. The highest BCUT2D eigenvalue weighted by molar-refractivity contribution is 7.12. The lowest BCUT2D eigenvalue weighted by molar-refractivity contribution is 0.0707. The molecule has 0 aliphatic carbocycles. The molecule has 0 fully saturated rings. The zero-order valence-corrected chi connectivity index (χ0v) is 14.0. The number of amides is 1. The molecule has 0 unspecified atom stereocenters. The summed E-state index contributed by atoms with van der Waals surface area (Å²) >= 11 is 1.44. The molecule has 1 heterocycles. The fourth-order valence-electron chi connectivity index (χ4n) is 2.04. The van der Waals surface area contributed by atoms with Crippen LogP contribution in [0.5, 0.6) is 0 Å². The van der Waals surface area contributed by atoms with Gasteiger partial charge in [-0.05, 0) is 31.7 Å². The van der Waals surface area contributed by atoms with Crippen molar-refractivity contribution >= 4 is 17.2 Å². The number of aliphatic hydroxyl groups excluding tert-OH is 1. The lowest BCUT2D eigenvalue weighted by atomic mass is 10.2. The number of carbonyl (C=O) groups is 1. The first-order chi connectivity index (χ1) is 10.1. The van der Waals surface area contributed by atoms with Crippen molar-refractivity contribution in [3.8, 4) is 11.8 Å². The molecular weight excluding hydrogens is 282 g/mol. The molecule has 1 rings (SSSR count). The number of carbonyl (C=O) groups excluding carboxylic acids is 1. The molecule has 0 radical (unpaired) electrons. The molecule has 1 amide bonds. The van der Waals surface area contributed by atoms with E-state index in [1.807, 2.05) is 16.3 Å². The van der Waals surface area contributed by atoms with Crippen molar-refractivity contribution in [3.63, 3.8) is 0 Å². The summed E-state index contributed by atoms with van der Waals surface area (Å²) in [5.74, 6) is 5.95. The van der Waals surface area contributed by atoms with E-state index in [-0.39, 0.29) is 18.6 Å². The van der Waals surface area contributed by atoms with Crippen LogP contribution in [0.2, 0.25) is 0 Å². The second kappa shape index (κ2) is 9.59. The van der Waals surface area contributed by atoms with E-state index in [4.69, 9.17) is 5.11 Å². The third kappa shape index (κ3) is 5.53. The SMILES string of the molecule is CCCCCN(C(=O)c1sccc1C#CCCO)C(C)C. The maximum absolute atomic E-state index is 12.7. The monoisotopic (exact) mass is 307 g/mol. The molecule has 1 aromatic heterocycles. The smallest absolute Gasteiger partial charge is 0.265 e. The van der Waals surface area contributed by atoms with Gasteiger partial charge >= 0.3 is 0 Å². The van der Waals surface area contributed by atoms with Gasteiger partial charge in [0.15, 0.2) is 0 Å². The van der Waals surface area contributed by atoms with Crippen LogP contribution in [0.4, 0.5) is 0 Å². The molecule has 0 atom stereocenters. The van der Waals surface area contributed by atoms with Gasteiger partial charge in [-0.3, -0.25) is 4.79 Å². The van der Waals surface area contributed by atoms with Crippen LogP contribution in [-0.2, 0) is 0 Å². The van der Waals surface area contributed by atoms with Gasteiger partial charge in [0.1, 0.15) is 4.88 Å². The van der Waals surface area contributed by atoms with Crippen LogP contribution in [0.25, 0.3) is 0 Å². The second-order valence-corrected chi connectivity index (χ2v) is 6.15. The average molecular weight is 307 g/mol. The second-order valence-electron chi connectivity index (χ2n) is 5.24. The Hall–Kier alpha value is -1.31. The summed E-state index contributed by atoms with van der Waals surface area (Å²) in [5.41, 5.74) is 0.777. The molecule has 21 heavy (non-hydrogen) atoms. The molecule has 0 saturated carbocycles. The predicted molar refractivity (Wildman–Crippen MR) is 88.6 cm³/mol. The molecule has 0 saturated heterocycles. The number of aliphatic hydroxyl groups is 1. The number of unbranched alkanes of at least 4 members (excludes halogenated alkanes) is 2. The minimum atomic E-state index is 0.0511. The minimum absolute atomic E-state index is 0.0511. The van der Waals surface area contributed by atoms with Gasteiger partial charge in [0, 0.05) is 24.6 Å². The molecule has 1 aromatic rings. The van der Waals surface area contributed by atoms with Crippen molar-refractivity contribution in [2.75, 3.05) is 13.2 Å². The highest BCUT2D eigenvalue weighted by atomic mass is 32.1. The third-order valence-electron chi connectivity index (χ3n) is 3.21. The van der Waals surface area contributed by atoms with Crippen molar-refractivity contribution in [2.45, 2.75) is 52.5 Å².